The van der Waals surface area contributed by atoms with Gasteiger partial charge in [0, 0.05) is 25.4 Å². The summed E-state index contributed by atoms with van der Waals surface area (Å²) >= 11 is 0. The Labute approximate surface area is 157 Å². The van der Waals surface area contributed by atoms with E-state index >= 15 is 0 Å². The Kier molecular flexibility index (Phi) is 4.38. The molecule has 2 aromatic heterocycles. The highest BCUT2D eigenvalue weighted by Gasteiger charge is 2.12. The number of nitrogens with zero attached hydrogens (tertiary/aromatic N) is 3. The van der Waals surface area contributed by atoms with Gasteiger partial charge in [-0.3, -0.25) is 0 Å². The van der Waals surface area contributed by atoms with Gasteiger partial charge in [-0.05, 0) is 30.7 Å². The number of rotatable bonds is 5. The minimum Gasteiger partial charge on any atom is -0.457 e. The van der Waals surface area contributed by atoms with Crippen LogP contribution in [0.25, 0.3) is 11.0 Å². The number of nitrogens with two attached hydrogens (primary N) is 1. The molecule has 0 amide bonds. The first-order valence-electron chi connectivity index (χ1n) is 8.77. The summed E-state index contributed by atoms with van der Waals surface area (Å²) in [6.07, 6.45) is 1.62. The van der Waals surface area contributed by atoms with Gasteiger partial charge in [0.15, 0.2) is 0 Å². The van der Waals surface area contributed by atoms with Crippen molar-refractivity contribution >= 4 is 22.8 Å². The van der Waals surface area contributed by atoms with Gasteiger partial charge in [-0.1, -0.05) is 30.3 Å². The number of nitrogen functional groups attached to an aromatic ring is 1. The third-order valence-electron chi connectivity index (χ3n) is 4.49. The predicted octanol–water partition coefficient (Wildman–Crippen LogP) is 4.52. The van der Waals surface area contributed by atoms with E-state index in [1.54, 1.807) is 18.3 Å². The van der Waals surface area contributed by atoms with Crippen LogP contribution in [-0.2, 0) is 7.05 Å². The second kappa shape index (κ2) is 6.99. The molecule has 4 rings (SSSR count). The standard InChI is InChI=1S/C21H21N5O/c1-14(15-6-4-3-5-7-15)24-21-25-18-12-16(8-9-19(18)26(21)2)27-17-10-11-23-20(22)13-17/h3-14H,1-2H3,(H2,22,23)(H,24,25). The van der Waals surface area contributed by atoms with Gasteiger partial charge in [-0.25, -0.2) is 9.97 Å². The van der Waals surface area contributed by atoms with E-state index in [9.17, 15) is 0 Å². The van der Waals surface area contributed by atoms with Crippen LogP contribution >= 0.6 is 0 Å². The minimum absolute atomic E-state index is 0.150. The van der Waals surface area contributed by atoms with Crippen molar-refractivity contribution in [1.29, 1.82) is 0 Å². The zero-order valence-corrected chi connectivity index (χ0v) is 15.3. The number of fused-ring (bicyclic) bond motifs is 1. The van der Waals surface area contributed by atoms with Gasteiger partial charge in [0.2, 0.25) is 5.95 Å². The number of aromatic nitrogens is 3. The highest BCUT2D eigenvalue weighted by Crippen LogP contribution is 2.28. The quantitative estimate of drug-likeness (QED) is 0.548. The summed E-state index contributed by atoms with van der Waals surface area (Å²) in [5.41, 5.74) is 8.81. The number of nitrogens with one attached hydrogen (secondary N) is 1. The second-order valence-electron chi connectivity index (χ2n) is 6.44. The van der Waals surface area contributed by atoms with Crippen LogP contribution in [0.4, 0.5) is 11.8 Å². The number of imidazole rings is 1. The average Bonchev–Trinajstić information content (AvgIpc) is 2.97. The second-order valence-corrected chi connectivity index (χ2v) is 6.44. The molecule has 0 saturated heterocycles. The summed E-state index contributed by atoms with van der Waals surface area (Å²) in [7, 11) is 2.00. The van der Waals surface area contributed by atoms with E-state index < -0.39 is 0 Å². The Morgan fingerprint density at radius 2 is 1.81 bits per heavy atom. The van der Waals surface area contributed by atoms with Crippen LogP contribution in [0, 0.1) is 0 Å². The molecule has 0 aliphatic rings. The van der Waals surface area contributed by atoms with Crippen molar-refractivity contribution in [3.05, 3.63) is 72.4 Å². The van der Waals surface area contributed by atoms with Crippen LogP contribution in [0.3, 0.4) is 0 Å². The van der Waals surface area contributed by atoms with Gasteiger partial charge in [0.1, 0.15) is 17.3 Å². The molecule has 0 bridgehead atoms. The van der Waals surface area contributed by atoms with Crippen molar-refractivity contribution in [3.63, 3.8) is 0 Å². The fourth-order valence-electron chi connectivity index (χ4n) is 3.02. The van der Waals surface area contributed by atoms with Gasteiger partial charge in [-0.15, -0.1) is 0 Å². The summed E-state index contributed by atoms with van der Waals surface area (Å²) in [5, 5.41) is 3.48. The highest BCUT2D eigenvalue weighted by molar-refractivity contribution is 5.80. The number of pyridine rings is 1. The van der Waals surface area contributed by atoms with Crippen molar-refractivity contribution in [2.75, 3.05) is 11.1 Å². The number of ether oxygens (including phenoxy) is 1. The molecule has 4 aromatic rings. The van der Waals surface area contributed by atoms with E-state index in [-0.39, 0.29) is 6.04 Å². The molecule has 2 aromatic carbocycles. The number of hydrogen-bond acceptors (Lipinski definition) is 5. The maximum atomic E-state index is 5.88. The van der Waals surface area contributed by atoms with Crippen molar-refractivity contribution in [2.24, 2.45) is 7.05 Å². The summed E-state index contributed by atoms with van der Waals surface area (Å²) in [6, 6.07) is 19.8. The lowest BCUT2D eigenvalue weighted by Crippen LogP contribution is -2.10. The predicted molar refractivity (Wildman–Crippen MR) is 108 cm³/mol. The number of aryl methyl sites for hydroxylation is 1. The van der Waals surface area contributed by atoms with E-state index in [2.05, 4.69) is 29.4 Å². The minimum atomic E-state index is 0.150. The molecule has 0 saturated carbocycles. The van der Waals surface area contributed by atoms with Crippen LogP contribution in [0.2, 0.25) is 0 Å². The summed E-state index contributed by atoms with van der Waals surface area (Å²) < 4.78 is 7.92. The Morgan fingerprint density at radius 3 is 2.59 bits per heavy atom. The summed E-state index contributed by atoms with van der Waals surface area (Å²) in [5.74, 6) is 2.59. The van der Waals surface area contributed by atoms with Gasteiger partial charge in [0.25, 0.3) is 0 Å². The molecule has 6 nitrogen and oxygen atoms in total. The molecule has 0 spiro atoms. The fourth-order valence-corrected chi connectivity index (χ4v) is 3.02. The first kappa shape index (κ1) is 16.9. The van der Waals surface area contributed by atoms with E-state index in [1.165, 1.54) is 5.56 Å². The maximum Gasteiger partial charge on any atom is 0.204 e. The lowest BCUT2D eigenvalue weighted by atomic mass is 10.1. The number of benzene rings is 2. The topological polar surface area (TPSA) is 78.0 Å². The zero-order chi connectivity index (χ0) is 18.8. The van der Waals surface area contributed by atoms with E-state index in [0.29, 0.717) is 17.3 Å². The first-order valence-corrected chi connectivity index (χ1v) is 8.77. The first-order chi connectivity index (χ1) is 13.1. The van der Waals surface area contributed by atoms with E-state index in [1.807, 2.05) is 48.0 Å². The molecule has 0 aliphatic heterocycles. The van der Waals surface area contributed by atoms with Crippen molar-refractivity contribution in [2.45, 2.75) is 13.0 Å². The molecule has 136 valence electrons. The summed E-state index contributed by atoms with van der Waals surface area (Å²) in [6.45, 7) is 2.12. The molecule has 0 aliphatic carbocycles. The molecule has 6 heteroatoms. The molecular weight excluding hydrogens is 338 g/mol. The van der Waals surface area contributed by atoms with Crippen LogP contribution in [-0.4, -0.2) is 14.5 Å². The Hall–Kier alpha value is -3.54. The van der Waals surface area contributed by atoms with Crippen LogP contribution in [0.15, 0.2) is 66.9 Å². The number of anilines is 2. The fraction of sp³-hybridized carbons (Fsp3) is 0.143. The smallest absolute Gasteiger partial charge is 0.204 e. The molecule has 1 atom stereocenters. The van der Waals surface area contributed by atoms with Crippen molar-refractivity contribution < 1.29 is 4.74 Å². The Bertz CT molecular complexity index is 1070. The average molecular weight is 359 g/mol. The molecule has 3 N–H and O–H groups in total. The normalized spacial score (nSPS) is 12.1. The highest BCUT2D eigenvalue weighted by atomic mass is 16.5. The SMILES string of the molecule is CC(Nc1nc2cc(Oc3ccnc(N)c3)ccc2n1C)c1ccccc1. The third kappa shape index (κ3) is 3.55. The molecule has 0 fully saturated rings. The van der Waals surface area contributed by atoms with Gasteiger partial charge in [-0.2, -0.15) is 0 Å². The molecular formula is C21H21N5O. The largest absolute Gasteiger partial charge is 0.457 e. The molecule has 1 unspecified atom stereocenters. The maximum absolute atomic E-state index is 5.88. The lowest BCUT2D eigenvalue weighted by Gasteiger charge is -2.14. The lowest BCUT2D eigenvalue weighted by molar-refractivity contribution is 0.483. The van der Waals surface area contributed by atoms with Crippen molar-refractivity contribution in [1.82, 2.24) is 14.5 Å². The van der Waals surface area contributed by atoms with Crippen molar-refractivity contribution in [3.8, 4) is 11.5 Å². The number of hydrogen-bond donors (Lipinski definition) is 2. The van der Waals surface area contributed by atoms with E-state index in [0.717, 1.165) is 17.0 Å². The Balaban J connectivity index is 1.59. The van der Waals surface area contributed by atoms with Crippen LogP contribution < -0.4 is 15.8 Å². The molecule has 27 heavy (non-hydrogen) atoms. The van der Waals surface area contributed by atoms with Gasteiger partial charge < -0.3 is 20.4 Å². The van der Waals surface area contributed by atoms with Gasteiger partial charge >= 0.3 is 0 Å². The van der Waals surface area contributed by atoms with Crippen LogP contribution in [0.5, 0.6) is 11.5 Å². The molecule has 0 radical (unpaired) electrons. The molecule has 2 heterocycles. The van der Waals surface area contributed by atoms with E-state index in [4.69, 9.17) is 15.5 Å². The Morgan fingerprint density at radius 1 is 1.04 bits per heavy atom. The van der Waals surface area contributed by atoms with Gasteiger partial charge in [0.05, 0.1) is 17.1 Å². The monoisotopic (exact) mass is 359 g/mol. The summed E-state index contributed by atoms with van der Waals surface area (Å²) in [4.78, 5) is 8.71. The van der Waals surface area contributed by atoms with Crippen LogP contribution in [0.1, 0.15) is 18.5 Å². The zero-order valence-electron chi connectivity index (χ0n) is 15.3. The third-order valence-corrected chi connectivity index (χ3v) is 4.49.